The monoisotopic (exact) mass is 580 g/mol. The van der Waals surface area contributed by atoms with Crippen molar-refractivity contribution in [3.63, 3.8) is 0 Å². The summed E-state index contributed by atoms with van der Waals surface area (Å²) in [5.41, 5.74) is 2.89. The average Bonchev–Trinajstić information content (AvgIpc) is 3.36. The molecule has 0 unspecified atom stereocenters. The van der Waals surface area contributed by atoms with Crippen LogP contribution in [0.25, 0.3) is 17.0 Å². The molecular weight excluding hydrogens is 562 g/mol. The van der Waals surface area contributed by atoms with Gasteiger partial charge in [-0.2, -0.15) is 0 Å². The van der Waals surface area contributed by atoms with Crippen LogP contribution in [0, 0.1) is 12.7 Å². The number of aryl methyl sites for hydroxylation is 1. The minimum atomic E-state index is -4.17. The van der Waals surface area contributed by atoms with Crippen molar-refractivity contribution < 1.29 is 27.1 Å². The molecule has 0 fully saturated rings. The molecule has 3 heterocycles. The van der Waals surface area contributed by atoms with Crippen LogP contribution in [0.4, 0.5) is 4.39 Å². The molecule has 2 aromatic carbocycles. The minimum Gasteiger partial charge on any atom is -0.486 e. The molecule has 7 nitrogen and oxygen atoms in total. The van der Waals surface area contributed by atoms with Crippen LogP contribution in [0.15, 0.2) is 52.9 Å². The largest absolute Gasteiger partial charge is 0.486 e. The fourth-order valence-electron chi connectivity index (χ4n) is 4.09. The molecule has 0 bridgehead atoms. The van der Waals surface area contributed by atoms with E-state index in [-0.39, 0.29) is 13.6 Å². The predicted octanol–water partition coefficient (Wildman–Crippen LogP) is 5.79. The van der Waals surface area contributed by atoms with Gasteiger partial charge in [0.25, 0.3) is 15.9 Å². The van der Waals surface area contributed by atoms with Gasteiger partial charge in [-0.05, 0) is 54.5 Å². The number of aromatic nitrogens is 1. The van der Waals surface area contributed by atoms with Crippen LogP contribution in [-0.2, 0) is 21.4 Å². The lowest BCUT2D eigenvalue weighted by atomic mass is 10.1. The minimum absolute atomic E-state index is 0.0753. The number of halogens is 3. The molecule has 5 rings (SSSR count). The molecular formula is C25H19Cl2FN2O5S2. The Morgan fingerprint density at radius 1 is 1.16 bits per heavy atom. The number of nitrogens with zero attached hydrogens (tertiary/aromatic N) is 1. The molecule has 192 valence electrons. The van der Waals surface area contributed by atoms with Gasteiger partial charge in [0.15, 0.2) is 11.5 Å². The van der Waals surface area contributed by atoms with Crippen molar-refractivity contribution in [2.75, 3.05) is 13.2 Å². The number of ether oxygens (including phenoxy) is 2. The van der Waals surface area contributed by atoms with Gasteiger partial charge in [0.2, 0.25) is 0 Å². The second kappa shape index (κ2) is 10.0. The topological polar surface area (TPSA) is 86.6 Å². The van der Waals surface area contributed by atoms with Gasteiger partial charge in [-0.25, -0.2) is 17.5 Å². The molecule has 12 heteroatoms. The molecule has 1 amide bonds. The van der Waals surface area contributed by atoms with Crippen molar-refractivity contribution in [1.82, 2.24) is 9.29 Å². The summed E-state index contributed by atoms with van der Waals surface area (Å²) in [5.74, 6) is -0.0421. The van der Waals surface area contributed by atoms with Gasteiger partial charge in [0.05, 0.1) is 10.5 Å². The summed E-state index contributed by atoms with van der Waals surface area (Å²) in [7, 11) is -4.17. The van der Waals surface area contributed by atoms with Gasteiger partial charge < -0.3 is 14.0 Å². The fraction of sp³-hybridized carbons (Fsp3) is 0.160. The van der Waals surface area contributed by atoms with E-state index >= 15 is 0 Å². The first-order valence-corrected chi connectivity index (χ1v) is 14.0. The Morgan fingerprint density at radius 2 is 1.92 bits per heavy atom. The number of fused-ring (bicyclic) bond motifs is 2. The van der Waals surface area contributed by atoms with Gasteiger partial charge in [0.1, 0.15) is 27.6 Å². The zero-order valence-corrected chi connectivity index (χ0v) is 22.4. The van der Waals surface area contributed by atoms with Crippen LogP contribution in [0.1, 0.15) is 16.7 Å². The van der Waals surface area contributed by atoms with E-state index in [1.54, 1.807) is 0 Å². The Hall–Kier alpha value is -3.05. The van der Waals surface area contributed by atoms with Crippen LogP contribution < -0.4 is 14.2 Å². The van der Waals surface area contributed by atoms with E-state index in [1.807, 2.05) is 40.6 Å². The highest BCUT2D eigenvalue weighted by molar-refractivity contribution is 7.92. The highest BCUT2D eigenvalue weighted by Crippen LogP contribution is 2.35. The van der Waals surface area contributed by atoms with Gasteiger partial charge in [0, 0.05) is 29.8 Å². The molecule has 1 aliphatic rings. The summed E-state index contributed by atoms with van der Waals surface area (Å²) in [4.78, 5) is 12.5. The summed E-state index contributed by atoms with van der Waals surface area (Å²) >= 11 is 12.4. The number of hydrogen-bond acceptors (Lipinski definition) is 6. The first-order valence-electron chi connectivity index (χ1n) is 11.0. The summed E-state index contributed by atoms with van der Waals surface area (Å²) < 4.78 is 54.5. The van der Waals surface area contributed by atoms with Crippen molar-refractivity contribution in [1.29, 1.82) is 0 Å². The number of thiophene rings is 1. The number of benzene rings is 2. The number of sulfonamides is 1. The first-order chi connectivity index (χ1) is 17.6. The van der Waals surface area contributed by atoms with Crippen LogP contribution in [0.5, 0.6) is 11.5 Å². The van der Waals surface area contributed by atoms with E-state index < -0.39 is 21.7 Å². The first kappa shape index (κ1) is 25.6. The molecule has 0 aliphatic carbocycles. The second-order valence-electron chi connectivity index (χ2n) is 8.30. The number of amides is 1. The Bertz CT molecular complexity index is 1660. The van der Waals surface area contributed by atoms with Gasteiger partial charge >= 0.3 is 0 Å². The molecule has 0 radical (unpaired) electrons. The molecule has 4 aromatic rings. The lowest BCUT2D eigenvalue weighted by Gasteiger charge is -2.19. The molecule has 1 N–H and O–H groups in total. The smallest absolute Gasteiger partial charge is 0.273 e. The molecule has 0 saturated carbocycles. The van der Waals surface area contributed by atoms with Crippen molar-refractivity contribution in [3.8, 4) is 11.5 Å². The molecule has 2 aromatic heterocycles. The third-order valence-electron chi connectivity index (χ3n) is 5.66. The van der Waals surface area contributed by atoms with E-state index in [0.717, 1.165) is 34.6 Å². The molecule has 0 atom stereocenters. The third-order valence-corrected chi connectivity index (χ3v) is 9.35. The number of carbonyl (C=O) groups is 1. The maximum atomic E-state index is 14.5. The highest BCUT2D eigenvalue weighted by Gasteiger charge is 2.21. The van der Waals surface area contributed by atoms with E-state index in [4.69, 9.17) is 32.7 Å². The van der Waals surface area contributed by atoms with Crippen LogP contribution >= 0.6 is 34.5 Å². The number of rotatable bonds is 6. The molecule has 0 spiro atoms. The van der Waals surface area contributed by atoms with Crippen molar-refractivity contribution in [2.45, 2.75) is 17.7 Å². The lowest BCUT2D eigenvalue weighted by Crippen LogP contribution is -2.28. The maximum Gasteiger partial charge on any atom is 0.273 e. The zero-order valence-electron chi connectivity index (χ0n) is 19.3. The van der Waals surface area contributed by atoms with Gasteiger partial charge in [-0.3, -0.25) is 4.79 Å². The van der Waals surface area contributed by atoms with E-state index in [9.17, 15) is 17.6 Å². The highest BCUT2D eigenvalue weighted by atomic mass is 35.5. The Balaban J connectivity index is 1.44. The SMILES string of the molecule is Cc1cn(Cc2ccc3c(c2)OCCO3)c2c(/C=C/C(=O)NS(=O)(=O)c3cc(Cl)c(Cl)s3)cc(F)cc12. The summed E-state index contributed by atoms with van der Waals surface area (Å²) in [6, 6.07) is 9.56. The Kier molecular flexibility index (Phi) is 6.93. The number of nitrogens with one attached hydrogen (secondary N) is 1. The van der Waals surface area contributed by atoms with Gasteiger partial charge in [-0.1, -0.05) is 29.3 Å². The van der Waals surface area contributed by atoms with Crippen LogP contribution in [-0.4, -0.2) is 32.1 Å². The standard InChI is InChI=1S/C25H19Cl2FN2O5S2/c1-14-12-30(13-15-2-4-20-21(8-15)35-7-6-34-20)24-16(9-17(28)10-18(14)24)3-5-22(31)29-37(32,33)23-11-19(26)25(27)36-23/h2-5,8-12H,6-7,13H2,1H3,(H,29,31)/b5-3+. The second-order valence-corrected chi connectivity index (χ2v) is 12.3. The van der Waals surface area contributed by atoms with Crippen molar-refractivity contribution in [2.24, 2.45) is 0 Å². The lowest BCUT2D eigenvalue weighted by molar-refractivity contribution is -0.114. The van der Waals surface area contributed by atoms with Crippen molar-refractivity contribution in [3.05, 3.63) is 80.5 Å². The Labute approximate surface area is 226 Å². The van der Waals surface area contributed by atoms with Crippen LogP contribution in [0.2, 0.25) is 9.36 Å². The maximum absolute atomic E-state index is 14.5. The summed E-state index contributed by atoms with van der Waals surface area (Å²) in [6.45, 7) is 3.29. The zero-order chi connectivity index (χ0) is 26.3. The average molecular weight is 581 g/mol. The van der Waals surface area contributed by atoms with Crippen LogP contribution in [0.3, 0.4) is 0 Å². The van der Waals surface area contributed by atoms with E-state index in [2.05, 4.69) is 0 Å². The molecule has 37 heavy (non-hydrogen) atoms. The molecule has 0 saturated heterocycles. The third kappa shape index (κ3) is 5.33. The van der Waals surface area contributed by atoms with E-state index in [0.29, 0.717) is 47.7 Å². The van der Waals surface area contributed by atoms with Gasteiger partial charge in [-0.15, -0.1) is 11.3 Å². The number of carbonyl (C=O) groups excluding carboxylic acids is 1. The van der Waals surface area contributed by atoms with Crippen molar-refractivity contribution >= 4 is 67.4 Å². The predicted molar refractivity (Wildman–Crippen MR) is 142 cm³/mol. The summed E-state index contributed by atoms with van der Waals surface area (Å²) in [5, 5.41) is 0.749. The normalized spacial score (nSPS) is 13.4. The van der Waals surface area contributed by atoms with E-state index in [1.165, 1.54) is 18.2 Å². The summed E-state index contributed by atoms with van der Waals surface area (Å²) in [6.07, 6.45) is 4.32. The fourth-order valence-corrected chi connectivity index (χ4v) is 6.91. The Morgan fingerprint density at radius 3 is 2.65 bits per heavy atom. The molecule has 1 aliphatic heterocycles. The quantitative estimate of drug-likeness (QED) is 0.291. The number of hydrogen-bond donors (Lipinski definition) is 1.